The van der Waals surface area contributed by atoms with Gasteiger partial charge in [-0.2, -0.15) is 0 Å². The molecule has 0 aromatic carbocycles. The van der Waals surface area contributed by atoms with Crippen molar-refractivity contribution in [3.05, 3.63) is 0 Å². The minimum absolute atomic E-state index is 0.0310. The van der Waals surface area contributed by atoms with Gasteiger partial charge >= 0.3 is 12.0 Å². The number of imide groups is 1. The van der Waals surface area contributed by atoms with Crippen molar-refractivity contribution >= 4 is 17.9 Å². The molecule has 1 heterocycles. The van der Waals surface area contributed by atoms with Crippen LogP contribution < -0.4 is 5.32 Å². The second kappa shape index (κ2) is 4.11. The highest BCUT2D eigenvalue weighted by molar-refractivity contribution is 6.01. The number of urea groups is 1. The van der Waals surface area contributed by atoms with Gasteiger partial charge in [-0.3, -0.25) is 14.5 Å². The minimum Gasteiger partial charge on any atom is -0.481 e. The predicted octanol–water partition coefficient (Wildman–Crippen LogP) is 0.0391. The minimum atomic E-state index is -0.824. The zero-order valence-electron chi connectivity index (χ0n) is 8.81. The Bertz CT molecular complexity index is 326. The van der Waals surface area contributed by atoms with Gasteiger partial charge in [0.25, 0.3) is 0 Å². The molecular weight excluding hydrogens is 212 g/mol. The highest BCUT2D eigenvalue weighted by atomic mass is 16.4. The van der Waals surface area contributed by atoms with E-state index in [1.807, 2.05) is 0 Å². The summed E-state index contributed by atoms with van der Waals surface area (Å²) in [5, 5.41) is 11.4. The zero-order valence-corrected chi connectivity index (χ0v) is 8.81. The summed E-state index contributed by atoms with van der Waals surface area (Å²) in [5.74, 6) is -1.60. The Morgan fingerprint density at radius 3 is 2.75 bits per heavy atom. The summed E-state index contributed by atoms with van der Waals surface area (Å²) in [4.78, 5) is 34.7. The molecular formula is C10H14N2O4. The molecule has 3 amide bonds. The summed E-state index contributed by atoms with van der Waals surface area (Å²) in [7, 11) is 0. The normalized spacial score (nSPS) is 29.6. The maximum absolute atomic E-state index is 11.3. The first kappa shape index (κ1) is 10.9. The Labute approximate surface area is 92.6 Å². The molecule has 0 aromatic rings. The average molecular weight is 226 g/mol. The monoisotopic (exact) mass is 226 g/mol. The van der Waals surface area contributed by atoms with Gasteiger partial charge in [-0.25, -0.2) is 4.79 Å². The first-order chi connectivity index (χ1) is 7.59. The molecule has 2 N–H and O–H groups in total. The van der Waals surface area contributed by atoms with E-state index in [0.717, 1.165) is 17.7 Å². The molecule has 1 saturated heterocycles. The van der Waals surface area contributed by atoms with Crippen molar-refractivity contribution in [1.29, 1.82) is 0 Å². The Balaban J connectivity index is 2.01. The number of amides is 3. The topological polar surface area (TPSA) is 86.7 Å². The molecule has 16 heavy (non-hydrogen) atoms. The van der Waals surface area contributed by atoms with E-state index in [0.29, 0.717) is 6.42 Å². The van der Waals surface area contributed by atoms with Crippen LogP contribution in [0.5, 0.6) is 0 Å². The van der Waals surface area contributed by atoms with Crippen LogP contribution in [-0.4, -0.2) is 41.0 Å². The van der Waals surface area contributed by atoms with E-state index in [1.54, 1.807) is 0 Å². The number of nitrogens with zero attached hydrogens (tertiary/aromatic N) is 1. The lowest BCUT2D eigenvalue weighted by Crippen LogP contribution is -2.37. The summed E-state index contributed by atoms with van der Waals surface area (Å²) >= 11 is 0. The van der Waals surface area contributed by atoms with E-state index in [4.69, 9.17) is 5.11 Å². The molecule has 2 rings (SSSR count). The van der Waals surface area contributed by atoms with Crippen LogP contribution in [-0.2, 0) is 9.59 Å². The van der Waals surface area contributed by atoms with Crippen LogP contribution in [0.2, 0.25) is 0 Å². The van der Waals surface area contributed by atoms with E-state index >= 15 is 0 Å². The van der Waals surface area contributed by atoms with E-state index in [9.17, 15) is 14.4 Å². The van der Waals surface area contributed by atoms with Crippen molar-refractivity contribution in [2.24, 2.45) is 11.8 Å². The Morgan fingerprint density at radius 2 is 2.19 bits per heavy atom. The van der Waals surface area contributed by atoms with E-state index in [1.165, 1.54) is 0 Å². The third kappa shape index (κ3) is 1.87. The van der Waals surface area contributed by atoms with Gasteiger partial charge < -0.3 is 10.4 Å². The summed E-state index contributed by atoms with van der Waals surface area (Å²) in [6.45, 7) is 0.269. The third-order valence-corrected chi connectivity index (χ3v) is 3.33. The number of rotatable bonds is 3. The van der Waals surface area contributed by atoms with Crippen LogP contribution >= 0.6 is 0 Å². The molecule has 1 saturated carbocycles. The number of nitrogens with one attached hydrogen (secondary N) is 1. The summed E-state index contributed by atoms with van der Waals surface area (Å²) < 4.78 is 0. The fraction of sp³-hybridized carbons (Fsp3) is 0.700. The van der Waals surface area contributed by atoms with Crippen LogP contribution in [0.3, 0.4) is 0 Å². The Hall–Kier alpha value is -1.59. The van der Waals surface area contributed by atoms with Gasteiger partial charge in [-0.1, -0.05) is 6.42 Å². The van der Waals surface area contributed by atoms with Crippen LogP contribution in [0, 0.1) is 11.8 Å². The van der Waals surface area contributed by atoms with Gasteiger partial charge in [-0.15, -0.1) is 0 Å². The number of carboxylic acid groups (broad SMARTS) is 1. The first-order valence-electron chi connectivity index (χ1n) is 5.40. The molecule has 2 fully saturated rings. The molecule has 6 nitrogen and oxygen atoms in total. The molecule has 0 spiro atoms. The van der Waals surface area contributed by atoms with E-state index in [-0.39, 0.29) is 24.9 Å². The van der Waals surface area contributed by atoms with Gasteiger partial charge in [0, 0.05) is 6.54 Å². The van der Waals surface area contributed by atoms with Crippen molar-refractivity contribution < 1.29 is 19.5 Å². The number of hydrogen-bond donors (Lipinski definition) is 2. The summed E-state index contributed by atoms with van der Waals surface area (Å²) in [6, 6.07) is -0.402. The summed E-state index contributed by atoms with van der Waals surface area (Å²) in [5.41, 5.74) is 0. The van der Waals surface area contributed by atoms with E-state index < -0.39 is 17.9 Å². The van der Waals surface area contributed by atoms with Crippen LogP contribution in [0.25, 0.3) is 0 Å². The Morgan fingerprint density at radius 1 is 1.44 bits per heavy atom. The lowest BCUT2D eigenvalue weighted by Gasteiger charge is -2.20. The number of hydrogen-bond acceptors (Lipinski definition) is 3. The van der Waals surface area contributed by atoms with Crippen molar-refractivity contribution in [3.8, 4) is 0 Å². The van der Waals surface area contributed by atoms with Crippen LogP contribution in [0.15, 0.2) is 0 Å². The molecule has 1 aliphatic carbocycles. The van der Waals surface area contributed by atoms with Gasteiger partial charge in [0.15, 0.2) is 0 Å². The molecule has 6 heteroatoms. The van der Waals surface area contributed by atoms with Crippen molar-refractivity contribution in [1.82, 2.24) is 10.2 Å². The first-order valence-corrected chi connectivity index (χ1v) is 5.40. The Kier molecular flexibility index (Phi) is 2.80. The SMILES string of the molecule is O=C(O)C1CCCC1CN1C(=O)CNC1=O. The maximum Gasteiger partial charge on any atom is 0.324 e. The lowest BCUT2D eigenvalue weighted by atomic mass is 9.96. The second-order valence-electron chi connectivity index (χ2n) is 4.30. The summed E-state index contributed by atoms with van der Waals surface area (Å²) in [6.07, 6.45) is 2.27. The molecule has 0 radical (unpaired) electrons. The predicted molar refractivity (Wildman–Crippen MR) is 53.6 cm³/mol. The zero-order chi connectivity index (χ0) is 11.7. The quantitative estimate of drug-likeness (QED) is 0.665. The average Bonchev–Trinajstić information content (AvgIpc) is 2.80. The van der Waals surface area contributed by atoms with Gasteiger partial charge in [-0.05, 0) is 18.8 Å². The molecule has 2 atom stereocenters. The lowest BCUT2D eigenvalue weighted by molar-refractivity contribution is -0.143. The highest BCUT2D eigenvalue weighted by Crippen LogP contribution is 2.32. The fourth-order valence-electron chi connectivity index (χ4n) is 2.46. The molecule has 88 valence electrons. The second-order valence-corrected chi connectivity index (χ2v) is 4.30. The molecule has 2 unspecified atom stereocenters. The number of carboxylic acids is 1. The van der Waals surface area contributed by atoms with Gasteiger partial charge in [0.05, 0.1) is 12.5 Å². The van der Waals surface area contributed by atoms with Crippen molar-refractivity contribution in [3.63, 3.8) is 0 Å². The van der Waals surface area contributed by atoms with Gasteiger partial charge in [0.1, 0.15) is 0 Å². The number of carbonyl (C=O) groups is 3. The van der Waals surface area contributed by atoms with E-state index in [2.05, 4.69) is 5.32 Å². The smallest absolute Gasteiger partial charge is 0.324 e. The largest absolute Gasteiger partial charge is 0.481 e. The van der Waals surface area contributed by atoms with Gasteiger partial charge in [0.2, 0.25) is 5.91 Å². The molecule has 2 aliphatic rings. The maximum atomic E-state index is 11.3. The highest BCUT2D eigenvalue weighted by Gasteiger charge is 2.38. The molecule has 0 aromatic heterocycles. The third-order valence-electron chi connectivity index (χ3n) is 3.33. The van der Waals surface area contributed by atoms with Crippen LogP contribution in [0.1, 0.15) is 19.3 Å². The van der Waals surface area contributed by atoms with Crippen molar-refractivity contribution in [2.45, 2.75) is 19.3 Å². The molecule has 0 bridgehead atoms. The molecule has 1 aliphatic heterocycles. The standard InChI is InChI=1S/C10H14N2O4/c13-8-4-11-10(16)12(8)5-6-2-1-3-7(6)9(14)15/h6-7H,1-5H2,(H,11,16)(H,14,15). The number of carbonyl (C=O) groups excluding carboxylic acids is 2. The number of aliphatic carboxylic acids is 1. The van der Waals surface area contributed by atoms with Crippen molar-refractivity contribution in [2.75, 3.05) is 13.1 Å². The fourth-order valence-corrected chi connectivity index (χ4v) is 2.46. The van der Waals surface area contributed by atoms with Crippen LogP contribution in [0.4, 0.5) is 4.79 Å².